The summed E-state index contributed by atoms with van der Waals surface area (Å²) >= 11 is 0. The third kappa shape index (κ3) is 2.31. The number of rotatable bonds is 2. The van der Waals surface area contributed by atoms with Crippen LogP contribution in [0.3, 0.4) is 0 Å². The lowest BCUT2D eigenvalue weighted by atomic mass is 10.2. The molecule has 0 aliphatic carbocycles. The molecule has 0 aliphatic rings. The Morgan fingerprint density at radius 1 is 1.56 bits per heavy atom. The van der Waals surface area contributed by atoms with E-state index in [1.165, 1.54) is 18.4 Å². The van der Waals surface area contributed by atoms with Crippen LogP contribution in [0.15, 0.2) is 18.5 Å². The van der Waals surface area contributed by atoms with Crippen molar-refractivity contribution in [2.45, 2.75) is 19.8 Å². The lowest BCUT2D eigenvalue weighted by molar-refractivity contribution is 0.923. The van der Waals surface area contributed by atoms with Gasteiger partial charge in [0.1, 0.15) is 0 Å². The van der Waals surface area contributed by atoms with E-state index in [1.54, 1.807) is 0 Å². The fraction of sp³-hybridized carbons (Fsp3) is 0.429. The van der Waals surface area contributed by atoms with E-state index in [0.717, 1.165) is 0 Å². The summed E-state index contributed by atoms with van der Waals surface area (Å²) in [6.07, 6.45) is 6.44. The number of aromatic amines is 1. The van der Waals surface area contributed by atoms with Crippen LogP contribution in [-0.2, 0) is 6.42 Å². The van der Waals surface area contributed by atoms with E-state index in [1.807, 2.05) is 12.4 Å². The van der Waals surface area contributed by atoms with Crippen LogP contribution in [0.5, 0.6) is 0 Å². The van der Waals surface area contributed by atoms with E-state index in [0.29, 0.717) is 0 Å². The first-order valence-corrected chi connectivity index (χ1v) is 3.05. The van der Waals surface area contributed by atoms with Crippen LogP contribution in [0.4, 0.5) is 4.70 Å². The monoisotopic (exact) mass is 129 g/mol. The molecule has 0 bridgehead atoms. The van der Waals surface area contributed by atoms with Gasteiger partial charge in [-0.1, -0.05) is 13.3 Å². The summed E-state index contributed by atoms with van der Waals surface area (Å²) in [5.41, 5.74) is 1.41. The van der Waals surface area contributed by atoms with Crippen molar-refractivity contribution in [1.29, 1.82) is 0 Å². The largest absolute Gasteiger partial charge is 0.367 e. The SMILES string of the molecule is CCCc1cc[nH]c1.F. The molecule has 52 valence electrons. The van der Waals surface area contributed by atoms with Crippen LogP contribution in [-0.4, -0.2) is 4.98 Å². The maximum Gasteiger partial charge on any atom is 0.00373 e. The molecule has 9 heavy (non-hydrogen) atoms. The average Bonchev–Trinajstić information content (AvgIpc) is 2.19. The Morgan fingerprint density at radius 3 is 2.78 bits per heavy atom. The highest BCUT2D eigenvalue weighted by Gasteiger charge is 1.85. The Kier molecular flexibility index (Phi) is 3.76. The number of aryl methyl sites for hydroxylation is 1. The molecule has 0 fully saturated rings. The second-order valence-corrected chi connectivity index (χ2v) is 1.97. The molecule has 0 radical (unpaired) electrons. The topological polar surface area (TPSA) is 15.8 Å². The first-order valence-electron chi connectivity index (χ1n) is 3.05. The predicted octanol–water partition coefficient (Wildman–Crippen LogP) is 2.12. The van der Waals surface area contributed by atoms with Gasteiger partial charge < -0.3 is 4.98 Å². The van der Waals surface area contributed by atoms with E-state index in [2.05, 4.69) is 18.0 Å². The van der Waals surface area contributed by atoms with Crippen molar-refractivity contribution in [3.05, 3.63) is 24.0 Å². The number of hydrogen-bond acceptors (Lipinski definition) is 0. The van der Waals surface area contributed by atoms with Crippen molar-refractivity contribution in [3.8, 4) is 0 Å². The molecule has 0 saturated carbocycles. The van der Waals surface area contributed by atoms with Gasteiger partial charge in [-0.15, -0.1) is 0 Å². The molecule has 1 aromatic heterocycles. The minimum atomic E-state index is 0. The van der Waals surface area contributed by atoms with Gasteiger partial charge in [0.25, 0.3) is 0 Å². The van der Waals surface area contributed by atoms with Gasteiger partial charge in [-0.05, 0) is 18.1 Å². The second-order valence-electron chi connectivity index (χ2n) is 1.97. The molecule has 1 rings (SSSR count). The van der Waals surface area contributed by atoms with Gasteiger partial charge in [0.2, 0.25) is 0 Å². The molecule has 0 amide bonds. The van der Waals surface area contributed by atoms with Crippen LogP contribution < -0.4 is 0 Å². The lowest BCUT2D eigenvalue weighted by Crippen LogP contribution is -1.74. The fourth-order valence-electron chi connectivity index (χ4n) is 0.803. The zero-order chi connectivity index (χ0) is 5.82. The van der Waals surface area contributed by atoms with E-state index < -0.39 is 0 Å². The summed E-state index contributed by atoms with van der Waals surface area (Å²) in [6, 6.07) is 2.11. The molecule has 1 nitrogen and oxygen atoms in total. The summed E-state index contributed by atoms with van der Waals surface area (Å²) in [4.78, 5) is 3.01. The molecule has 0 atom stereocenters. The number of halogens is 1. The summed E-state index contributed by atoms with van der Waals surface area (Å²) in [5, 5.41) is 0. The van der Waals surface area contributed by atoms with Gasteiger partial charge >= 0.3 is 0 Å². The molecule has 2 heteroatoms. The number of H-pyrrole nitrogens is 1. The van der Waals surface area contributed by atoms with Crippen molar-refractivity contribution >= 4 is 0 Å². The van der Waals surface area contributed by atoms with Crippen molar-refractivity contribution in [3.63, 3.8) is 0 Å². The molecule has 1 heterocycles. The molecule has 1 aromatic rings. The van der Waals surface area contributed by atoms with Gasteiger partial charge in [-0.3, -0.25) is 4.70 Å². The van der Waals surface area contributed by atoms with Crippen LogP contribution in [0.2, 0.25) is 0 Å². The van der Waals surface area contributed by atoms with Gasteiger partial charge in [0, 0.05) is 12.4 Å². The van der Waals surface area contributed by atoms with E-state index in [-0.39, 0.29) is 4.70 Å². The van der Waals surface area contributed by atoms with Gasteiger partial charge in [-0.2, -0.15) is 0 Å². The highest BCUT2D eigenvalue weighted by molar-refractivity contribution is 5.07. The highest BCUT2D eigenvalue weighted by atomic mass is 19.0. The molecular formula is C7H12FN. The van der Waals surface area contributed by atoms with Gasteiger partial charge in [-0.25, -0.2) is 0 Å². The minimum absolute atomic E-state index is 0. The number of hydrogen-bond donors (Lipinski definition) is 1. The van der Waals surface area contributed by atoms with E-state index in [9.17, 15) is 0 Å². The zero-order valence-corrected chi connectivity index (χ0v) is 5.55. The van der Waals surface area contributed by atoms with Crippen molar-refractivity contribution in [2.75, 3.05) is 0 Å². The predicted molar refractivity (Wildman–Crippen MR) is 37.3 cm³/mol. The third-order valence-electron chi connectivity index (χ3n) is 1.20. The standard InChI is InChI=1S/C7H11N.FH/c1-2-3-7-4-5-8-6-7;/h4-6,8H,2-3H2,1H3;1H. The van der Waals surface area contributed by atoms with Gasteiger partial charge in [0.05, 0.1) is 0 Å². The third-order valence-corrected chi connectivity index (χ3v) is 1.20. The Morgan fingerprint density at radius 2 is 2.33 bits per heavy atom. The minimum Gasteiger partial charge on any atom is -0.367 e. The first kappa shape index (κ1) is 8.21. The molecule has 0 spiro atoms. The summed E-state index contributed by atoms with van der Waals surface area (Å²) in [5.74, 6) is 0. The Balaban J connectivity index is 0.000000640. The molecule has 0 unspecified atom stereocenters. The van der Waals surface area contributed by atoms with Crippen molar-refractivity contribution in [1.82, 2.24) is 4.98 Å². The van der Waals surface area contributed by atoms with Gasteiger partial charge in [0.15, 0.2) is 0 Å². The Hall–Kier alpha value is -0.790. The van der Waals surface area contributed by atoms with Crippen LogP contribution >= 0.6 is 0 Å². The molecule has 0 saturated heterocycles. The second kappa shape index (κ2) is 4.13. The maximum atomic E-state index is 3.01. The van der Waals surface area contributed by atoms with Crippen molar-refractivity contribution < 1.29 is 4.70 Å². The van der Waals surface area contributed by atoms with E-state index >= 15 is 0 Å². The number of aromatic nitrogens is 1. The van der Waals surface area contributed by atoms with Crippen LogP contribution in [0.25, 0.3) is 0 Å². The Bertz CT molecular complexity index is 135. The molecule has 0 aromatic carbocycles. The lowest BCUT2D eigenvalue weighted by Gasteiger charge is -1.86. The summed E-state index contributed by atoms with van der Waals surface area (Å²) in [6.45, 7) is 2.19. The Labute approximate surface area is 54.5 Å². The zero-order valence-electron chi connectivity index (χ0n) is 5.55. The summed E-state index contributed by atoms with van der Waals surface area (Å²) in [7, 11) is 0. The molecule has 0 aliphatic heterocycles. The highest BCUT2D eigenvalue weighted by Crippen LogP contribution is 1.98. The normalized spacial score (nSPS) is 8.56. The van der Waals surface area contributed by atoms with E-state index in [4.69, 9.17) is 0 Å². The average molecular weight is 129 g/mol. The summed E-state index contributed by atoms with van der Waals surface area (Å²) < 4.78 is 0. The van der Waals surface area contributed by atoms with Crippen LogP contribution in [0.1, 0.15) is 18.9 Å². The molecular weight excluding hydrogens is 117 g/mol. The first-order chi connectivity index (χ1) is 3.93. The van der Waals surface area contributed by atoms with Crippen LogP contribution in [0, 0.1) is 0 Å². The smallest absolute Gasteiger partial charge is 0.00373 e. The fourth-order valence-corrected chi connectivity index (χ4v) is 0.803. The number of nitrogens with one attached hydrogen (secondary N) is 1. The van der Waals surface area contributed by atoms with Crippen molar-refractivity contribution in [2.24, 2.45) is 0 Å². The maximum absolute atomic E-state index is 3.01. The quantitative estimate of drug-likeness (QED) is 0.629. The molecule has 1 N–H and O–H groups in total.